The first-order valence-electron chi connectivity index (χ1n) is 23.0. The molecule has 0 radical (unpaired) electrons. The molecule has 0 fully saturated rings. The van der Waals surface area contributed by atoms with Crippen LogP contribution in [0.1, 0.15) is 158 Å². The lowest BCUT2D eigenvalue weighted by atomic mass is 9.89. The molecule has 61 heavy (non-hydrogen) atoms. The summed E-state index contributed by atoms with van der Waals surface area (Å²) in [5.41, 5.74) is -1.27. The molecule has 0 spiro atoms. The fraction of sp³-hybridized carbons (Fsp3) is 0.891. The summed E-state index contributed by atoms with van der Waals surface area (Å²) in [6.07, 6.45) is 13.6. The molecule has 15 heteroatoms. The van der Waals surface area contributed by atoms with Crippen molar-refractivity contribution in [3.8, 4) is 0 Å². The first-order valence-corrected chi connectivity index (χ1v) is 24.0. The minimum absolute atomic E-state index is 0.0108. The summed E-state index contributed by atoms with van der Waals surface area (Å²) in [6, 6.07) is 0. The van der Waals surface area contributed by atoms with Crippen molar-refractivity contribution in [3.05, 3.63) is 0 Å². The van der Waals surface area contributed by atoms with Gasteiger partial charge in [0.1, 0.15) is 26.8 Å². The molecular formula is C46H90N2O12S. The van der Waals surface area contributed by atoms with Gasteiger partial charge in [-0.15, -0.1) is 0 Å². The molecule has 2 atom stereocenters. The smallest absolute Gasteiger partial charge is 0.305 e. The average molecular weight is 895 g/mol. The van der Waals surface area contributed by atoms with Crippen molar-refractivity contribution in [1.29, 1.82) is 0 Å². The van der Waals surface area contributed by atoms with Crippen LogP contribution in [-0.2, 0) is 47.6 Å². The van der Waals surface area contributed by atoms with Gasteiger partial charge in [0.15, 0.2) is 0 Å². The molecule has 0 aromatic carbocycles. The maximum atomic E-state index is 13.3. The summed E-state index contributed by atoms with van der Waals surface area (Å²) in [4.78, 5) is 62.8. The van der Waals surface area contributed by atoms with Crippen molar-refractivity contribution in [3.63, 3.8) is 0 Å². The number of aliphatic hydroxyl groups excluding tert-OH is 1. The molecule has 2 unspecified atom stereocenters. The molecule has 0 saturated carbocycles. The van der Waals surface area contributed by atoms with Crippen LogP contribution in [0.25, 0.3) is 0 Å². The second kappa shape index (κ2) is 44.3. The molecule has 0 aliphatic heterocycles. The highest BCUT2D eigenvalue weighted by atomic mass is 32.2. The molecule has 0 rings (SSSR count). The van der Waals surface area contributed by atoms with E-state index in [0.717, 1.165) is 70.8 Å². The molecule has 0 aromatic heterocycles. The third-order valence-electron chi connectivity index (χ3n) is 9.46. The molecule has 0 aromatic rings. The van der Waals surface area contributed by atoms with Crippen LogP contribution in [0.15, 0.2) is 0 Å². The lowest BCUT2D eigenvalue weighted by molar-refractivity contribution is -0.160. The predicted octanol–water partition coefficient (Wildman–Crippen LogP) is 8.88. The third-order valence-corrected chi connectivity index (χ3v) is 10.5. The maximum absolute atomic E-state index is 13.3. The standard InChI is InChI=1S/C43H82N2O11S.C2H6.CH2O/c1-8-11-13-15-17-22-38(47)54-34-42(4,25-29-46)32-52-30-20-28-45(41(50)57-31-21-26-44(6)7)27-19-24-40(49)56-36-43(5,33-53-37-51-10-3)35-55-39(48)23-18-16-14-12-9-2;2*1-2/h46H,8-37H2,1-7H3;1-2H3;1H2. The van der Waals surface area contributed by atoms with Gasteiger partial charge in [-0.2, -0.15) is 0 Å². The molecule has 0 aliphatic rings. The van der Waals surface area contributed by atoms with Crippen molar-refractivity contribution in [2.24, 2.45) is 10.8 Å². The van der Waals surface area contributed by atoms with Gasteiger partial charge in [0.25, 0.3) is 5.24 Å². The van der Waals surface area contributed by atoms with Gasteiger partial charge in [-0.25, -0.2) is 0 Å². The molecule has 0 bridgehead atoms. The SMILES string of the molecule is C=O.CC.CCCCCCCC(=O)OCC(C)(CCO)COCCCN(CCCC(=O)OCC(C)(COCOCC)COC(=O)CCCCCCC)C(=O)SCCCN(C)C. The van der Waals surface area contributed by atoms with E-state index in [1.54, 1.807) is 4.90 Å². The van der Waals surface area contributed by atoms with E-state index >= 15 is 0 Å². The van der Waals surface area contributed by atoms with Gasteiger partial charge in [0, 0.05) is 63.3 Å². The van der Waals surface area contributed by atoms with Crippen LogP contribution >= 0.6 is 11.8 Å². The van der Waals surface area contributed by atoms with E-state index in [0.29, 0.717) is 70.8 Å². The number of hydrogen-bond donors (Lipinski definition) is 1. The Hall–Kier alpha value is -2.30. The van der Waals surface area contributed by atoms with E-state index in [4.69, 9.17) is 33.2 Å². The summed E-state index contributed by atoms with van der Waals surface area (Å²) >= 11 is 1.28. The van der Waals surface area contributed by atoms with Crippen molar-refractivity contribution >= 4 is 41.7 Å². The Morgan fingerprint density at radius 1 is 0.590 bits per heavy atom. The van der Waals surface area contributed by atoms with E-state index in [1.807, 2.05) is 55.5 Å². The van der Waals surface area contributed by atoms with Crippen molar-refractivity contribution < 1.29 is 57.5 Å². The largest absolute Gasteiger partial charge is 0.465 e. The molecule has 0 aliphatic carbocycles. The highest BCUT2D eigenvalue weighted by molar-refractivity contribution is 8.13. The zero-order chi connectivity index (χ0) is 46.6. The molecule has 1 amide bonds. The van der Waals surface area contributed by atoms with Gasteiger partial charge in [0.05, 0.1) is 25.2 Å². The van der Waals surface area contributed by atoms with Crippen molar-refractivity contribution in [2.75, 3.05) is 99.1 Å². The van der Waals surface area contributed by atoms with E-state index in [9.17, 15) is 24.3 Å². The van der Waals surface area contributed by atoms with Crippen LogP contribution in [0.5, 0.6) is 0 Å². The van der Waals surface area contributed by atoms with Gasteiger partial charge in [-0.05, 0) is 66.1 Å². The quantitative estimate of drug-likeness (QED) is 0.0269. The van der Waals surface area contributed by atoms with Gasteiger partial charge < -0.3 is 48.1 Å². The summed E-state index contributed by atoms with van der Waals surface area (Å²) in [5.74, 6) is -0.201. The average Bonchev–Trinajstić information content (AvgIpc) is 3.25. The number of unbranched alkanes of at least 4 members (excludes halogenated alkanes) is 8. The first kappa shape index (κ1) is 63.0. The first-order chi connectivity index (χ1) is 29.3. The van der Waals surface area contributed by atoms with Crippen LogP contribution in [0.4, 0.5) is 4.79 Å². The maximum Gasteiger partial charge on any atom is 0.305 e. The zero-order valence-corrected chi connectivity index (χ0v) is 41.0. The van der Waals surface area contributed by atoms with Crippen LogP contribution in [0.3, 0.4) is 0 Å². The lowest BCUT2D eigenvalue weighted by Gasteiger charge is -2.29. The Morgan fingerprint density at radius 2 is 1.07 bits per heavy atom. The van der Waals surface area contributed by atoms with Crippen LogP contribution in [-0.4, -0.2) is 144 Å². The molecule has 362 valence electrons. The van der Waals surface area contributed by atoms with Crippen LogP contribution in [0.2, 0.25) is 0 Å². The Bertz CT molecular complexity index is 1060. The van der Waals surface area contributed by atoms with Crippen molar-refractivity contribution in [1.82, 2.24) is 9.80 Å². The van der Waals surface area contributed by atoms with E-state index in [1.165, 1.54) is 18.2 Å². The summed E-state index contributed by atoms with van der Waals surface area (Å²) < 4.78 is 33.8. The number of rotatable bonds is 39. The van der Waals surface area contributed by atoms with E-state index < -0.39 is 16.8 Å². The van der Waals surface area contributed by atoms with Gasteiger partial charge in [0.2, 0.25) is 0 Å². The molecule has 0 heterocycles. The van der Waals surface area contributed by atoms with Gasteiger partial charge >= 0.3 is 17.9 Å². The Balaban J connectivity index is -0.00000814. The number of thioether (sulfide) groups is 1. The van der Waals surface area contributed by atoms with Crippen LogP contribution in [0, 0.1) is 10.8 Å². The monoisotopic (exact) mass is 895 g/mol. The zero-order valence-electron chi connectivity index (χ0n) is 40.2. The van der Waals surface area contributed by atoms with E-state index in [-0.39, 0.29) is 63.4 Å². The molecule has 14 nitrogen and oxygen atoms in total. The fourth-order valence-corrected chi connectivity index (χ4v) is 6.57. The molecular weight excluding hydrogens is 805 g/mol. The minimum atomic E-state index is -0.751. The number of nitrogens with zero attached hydrogens (tertiary/aromatic N) is 2. The molecule has 0 saturated heterocycles. The summed E-state index contributed by atoms with van der Waals surface area (Å²) in [6.45, 7) is 19.4. The highest BCUT2D eigenvalue weighted by Crippen LogP contribution is 2.24. The van der Waals surface area contributed by atoms with E-state index in [2.05, 4.69) is 18.7 Å². The Morgan fingerprint density at radius 3 is 1.56 bits per heavy atom. The molecule has 1 N–H and O–H groups in total. The number of esters is 3. The number of carbonyl (C=O) groups excluding carboxylic acids is 5. The number of carbonyl (C=O) groups is 5. The fourth-order valence-electron chi connectivity index (χ4n) is 5.75. The van der Waals surface area contributed by atoms with Gasteiger partial charge in [-0.1, -0.05) is 105 Å². The number of hydrogen-bond acceptors (Lipinski definition) is 14. The third kappa shape index (κ3) is 40.2. The Kier molecular flexibility index (Phi) is 45.8. The number of aliphatic hydroxyl groups is 1. The van der Waals surface area contributed by atoms with Crippen molar-refractivity contribution in [2.45, 2.75) is 158 Å². The minimum Gasteiger partial charge on any atom is -0.465 e. The van der Waals surface area contributed by atoms with Crippen LogP contribution < -0.4 is 0 Å². The Labute approximate surface area is 375 Å². The normalized spacial score (nSPS) is 12.8. The highest BCUT2D eigenvalue weighted by Gasteiger charge is 2.30. The lowest BCUT2D eigenvalue weighted by Crippen LogP contribution is -2.36. The number of amides is 1. The summed E-state index contributed by atoms with van der Waals surface area (Å²) in [7, 11) is 4.00. The summed E-state index contributed by atoms with van der Waals surface area (Å²) in [5, 5.41) is 9.64. The number of ether oxygens (including phenoxy) is 6. The van der Waals surface area contributed by atoms with Gasteiger partial charge in [-0.3, -0.25) is 19.2 Å². The second-order valence-corrected chi connectivity index (χ2v) is 17.2. The predicted molar refractivity (Wildman–Crippen MR) is 246 cm³/mol. The topological polar surface area (TPSA) is 167 Å². The second-order valence-electron chi connectivity index (χ2n) is 16.1.